The smallest absolute Gasteiger partial charge is 0.253 e. The Hall–Kier alpha value is -2.57. The number of methoxy groups -OCH3 is 1. The van der Waals surface area contributed by atoms with E-state index in [1.54, 1.807) is 25.3 Å². The van der Waals surface area contributed by atoms with E-state index in [2.05, 4.69) is 15.5 Å². The molecule has 0 saturated carbocycles. The fourth-order valence-corrected chi connectivity index (χ4v) is 2.62. The molecule has 0 unspecified atom stereocenters. The van der Waals surface area contributed by atoms with E-state index in [0.29, 0.717) is 22.2 Å². The van der Waals surface area contributed by atoms with Crippen LogP contribution in [0.4, 0.5) is 0 Å². The predicted octanol–water partition coefficient (Wildman–Crippen LogP) is 3.98. The number of benzene rings is 2. The third-order valence-corrected chi connectivity index (χ3v) is 3.91. The molecular formula is C17H13Cl2N3O3. The molecule has 0 radical (unpaired) electrons. The van der Waals surface area contributed by atoms with Crippen molar-refractivity contribution in [3.05, 3.63) is 64.0 Å². The highest BCUT2D eigenvalue weighted by Crippen LogP contribution is 2.23. The van der Waals surface area contributed by atoms with E-state index in [1.807, 2.05) is 18.2 Å². The molecule has 8 heteroatoms. The standard InChI is InChI=1S/C17H13Cl2N3O3/c1-24-12-4-2-3-10(7-12)17-22-21-15(25-17)9-20-16(23)13-6-5-11(18)8-14(13)19/h2-8H,9H2,1H3,(H,20,23). The SMILES string of the molecule is COc1cccc(-c2nnc(CNC(=O)c3ccc(Cl)cc3Cl)o2)c1. The second-order valence-electron chi connectivity index (χ2n) is 5.04. The molecule has 0 saturated heterocycles. The first-order chi connectivity index (χ1) is 12.1. The zero-order valence-electron chi connectivity index (χ0n) is 13.1. The zero-order valence-corrected chi connectivity index (χ0v) is 14.6. The minimum atomic E-state index is -0.359. The van der Waals surface area contributed by atoms with Gasteiger partial charge in [0.15, 0.2) is 0 Å². The van der Waals surface area contributed by atoms with Gasteiger partial charge in [-0.2, -0.15) is 0 Å². The lowest BCUT2D eigenvalue weighted by Crippen LogP contribution is -2.23. The van der Waals surface area contributed by atoms with Crippen molar-refractivity contribution in [1.29, 1.82) is 0 Å². The second-order valence-corrected chi connectivity index (χ2v) is 5.88. The molecule has 2 aromatic carbocycles. The average Bonchev–Trinajstić information content (AvgIpc) is 3.09. The van der Waals surface area contributed by atoms with Gasteiger partial charge in [-0.15, -0.1) is 10.2 Å². The molecule has 0 fully saturated rings. The fourth-order valence-electron chi connectivity index (χ4n) is 2.12. The van der Waals surface area contributed by atoms with Crippen molar-refractivity contribution in [3.8, 4) is 17.2 Å². The molecule has 25 heavy (non-hydrogen) atoms. The van der Waals surface area contributed by atoms with Crippen LogP contribution in [0.5, 0.6) is 5.75 Å². The van der Waals surface area contributed by atoms with Gasteiger partial charge >= 0.3 is 0 Å². The fraction of sp³-hybridized carbons (Fsp3) is 0.118. The molecule has 3 rings (SSSR count). The van der Waals surface area contributed by atoms with Crippen LogP contribution < -0.4 is 10.1 Å². The van der Waals surface area contributed by atoms with Gasteiger partial charge in [0.2, 0.25) is 11.8 Å². The van der Waals surface area contributed by atoms with Crippen LogP contribution in [0, 0.1) is 0 Å². The van der Waals surface area contributed by atoms with Crippen LogP contribution in [0.3, 0.4) is 0 Å². The number of hydrogen-bond donors (Lipinski definition) is 1. The monoisotopic (exact) mass is 377 g/mol. The molecule has 0 atom stereocenters. The molecule has 6 nitrogen and oxygen atoms in total. The van der Waals surface area contributed by atoms with Crippen LogP contribution in [-0.2, 0) is 6.54 Å². The number of carbonyl (C=O) groups is 1. The van der Waals surface area contributed by atoms with E-state index in [9.17, 15) is 4.79 Å². The molecule has 0 bridgehead atoms. The Morgan fingerprint density at radius 2 is 2.04 bits per heavy atom. The minimum Gasteiger partial charge on any atom is -0.497 e. The Morgan fingerprint density at radius 1 is 1.20 bits per heavy atom. The number of halogens is 2. The third-order valence-electron chi connectivity index (χ3n) is 3.36. The Kier molecular flexibility index (Phi) is 5.21. The van der Waals surface area contributed by atoms with Crippen LogP contribution in [0.15, 0.2) is 46.9 Å². The van der Waals surface area contributed by atoms with E-state index >= 15 is 0 Å². The third kappa shape index (κ3) is 4.10. The Balaban J connectivity index is 1.68. The highest BCUT2D eigenvalue weighted by molar-refractivity contribution is 6.36. The Morgan fingerprint density at radius 3 is 2.80 bits per heavy atom. The summed E-state index contributed by atoms with van der Waals surface area (Å²) in [6.45, 7) is 0.0781. The van der Waals surface area contributed by atoms with Crippen molar-refractivity contribution in [3.63, 3.8) is 0 Å². The lowest BCUT2D eigenvalue weighted by molar-refractivity contribution is 0.0947. The molecule has 0 aliphatic carbocycles. The van der Waals surface area contributed by atoms with Gasteiger partial charge in [-0.1, -0.05) is 29.3 Å². The van der Waals surface area contributed by atoms with Crippen LogP contribution in [0.2, 0.25) is 10.0 Å². The second kappa shape index (κ2) is 7.55. The summed E-state index contributed by atoms with van der Waals surface area (Å²) in [5.74, 6) is 0.940. The number of aromatic nitrogens is 2. The molecule has 1 heterocycles. The average molecular weight is 378 g/mol. The maximum absolute atomic E-state index is 12.2. The molecule has 0 spiro atoms. The van der Waals surface area contributed by atoms with Gasteiger partial charge in [0.1, 0.15) is 5.75 Å². The Labute approximate surface area is 153 Å². The van der Waals surface area contributed by atoms with Crippen molar-refractivity contribution in [1.82, 2.24) is 15.5 Å². The van der Waals surface area contributed by atoms with Crippen molar-refractivity contribution in [2.45, 2.75) is 6.54 Å². The van der Waals surface area contributed by atoms with Gasteiger partial charge in [0.05, 0.1) is 24.2 Å². The summed E-state index contributed by atoms with van der Waals surface area (Å²) in [6.07, 6.45) is 0. The van der Waals surface area contributed by atoms with Crippen molar-refractivity contribution in [2.24, 2.45) is 0 Å². The summed E-state index contributed by atoms with van der Waals surface area (Å²) in [7, 11) is 1.58. The van der Waals surface area contributed by atoms with E-state index in [1.165, 1.54) is 6.07 Å². The highest BCUT2D eigenvalue weighted by atomic mass is 35.5. The first-order valence-electron chi connectivity index (χ1n) is 7.27. The van der Waals surface area contributed by atoms with Gasteiger partial charge in [0.25, 0.3) is 5.91 Å². The van der Waals surface area contributed by atoms with Crippen molar-refractivity contribution in [2.75, 3.05) is 7.11 Å². The summed E-state index contributed by atoms with van der Waals surface area (Å²) in [5, 5.41) is 11.3. The van der Waals surface area contributed by atoms with Gasteiger partial charge in [0, 0.05) is 10.6 Å². The molecular weight excluding hydrogens is 365 g/mol. The van der Waals surface area contributed by atoms with Gasteiger partial charge < -0.3 is 14.5 Å². The minimum absolute atomic E-state index is 0.0781. The summed E-state index contributed by atoms with van der Waals surface area (Å²) < 4.78 is 10.7. The lowest BCUT2D eigenvalue weighted by atomic mass is 10.2. The number of amides is 1. The van der Waals surface area contributed by atoms with Crippen LogP contribution in [-0.4, -0.2) is 23.2 Å². The molecule has 0 aliphatic rings. The first kappa shape index (κ1) is 17.3. The topological polar surface area (TPSA) is 77.3 Å². The van der Waals surface area contributed by atoms with Crippen molar-refractivity contribution < 1.29 is 13.9 Å². The molecule has 1 amide bonds. The van der Waals surface area contributed by atoms with Gasteiger partial charge in [-0.3, -0.25) is 4.79 Å². The Bertz CT molecular complexity index is 912. The number of nitrogens with one attached hydrogen (secondary N) is 1. The maximum atomic E-state index is 12.2. The van der Waals surface area contributed by atoms with Crippen LogP contribution >= 0.6 is 23.2 Å². The molecule has 1 N–H and O–H groups in total. The van der Waals surface area contributed by atoms with E-state index in [-0.39, 0.29) is 23.4 Å². The lowest BCUT2D eigenvalue weighted by Gasteiger charge is -2.05. The van der Waals surface area contributed by atoms with Gasteiger partial charge in [-0.25, -0.2) is 0 Å². The quantitative estimate of drug-likeness (QED) is 0.727. The molecule has 3 aromatic rings. The number of nitrogens with zero attached hydrogens (tertiary/aromatic N) is 2. The number of ether oxygens (including phenoxy) is 1. The summed E-state index contributed by atoms with van der Waals surface area (Å²) in [6, 6.07) is 11.9. The summed E-state index contributed by atoms with van der Waals surface area (Å²) in [5.41, 5.74) is 1.05. The largest absolute Gasteiger partial charge is 0.497 e. The number of rotatable bonds is 5. The molecule has 1 aromatic heterocycles. The van der Waals surface area contributed by atoms with Crippen LogP contribution in [0.25, 0.3) is 11.5 Å². The van der Waals surface area contributed by atoms with Crippen LogP contribution in [0.1, 0.15) is 16.2 Å². The summed E-state index contributed by atoms with van der Waals surface area (Å²) >= 11 is 11.8. The molecule has 128 valence electrons. The number of hydrogen-bond acceptors (Lipinski definition) is 5. The normalized spacial score (nSPS) is 10.5. The van der Waals surface area contributed by atoms with E-state index in [0.717, 1.165) is 5.56 Å². The van der Waals surface area contributed by atoms with E-state index in [4.69, 9.17) is 32.4 Å². The number of carbonyl (C=O) groups excluding carboxylic acids is 1. The van der Waals surface area contributed by atoms with E-state index < -0.39 is 0 Å². The zero-order chi connectivity index (χ0) is 17.8. The maximum Gasteiger partial charge on any atom is 0.253 e. The first-order valence-corrected chi connectivity index (χ1v) is 8.02. The molecule has 0 aliphatic heterocycles. The predicted molar refractivity (Wildman–Crippen MR) is 93.9 cm³/mol. The highest BCUT2D eigenvalue weighted by Gasteiger charge is 2.13. The summed E-state index contributed by atoms with van der Waals surface area (Å²) in [4.78, 5) is 12.2. The van der Waals surface area contributed by atoms with Gasteiger partial charge in [-0.05, 0) is 36.4 Å². The van der Waals surface area contributed by atoms with Crippen molar-refractivity contribution >= 4 is 29.1 Å².